The lowest BCUT2D eigenvalue weighted by Crippen LogP contribution is -2.03. The maximum atomic E-state index is 10.1. The molecular formula is C12H22ClN7O. The minimum absolute atomic E-state index is 0. The second-order valence-corrected chi connectivity index (χ2v) is 4.21. The Bertz CT molecular complexity index is 537. The van der Waals surface area contributed by atoms with Crippen molar-refractivity contribution in [3.8, 4) is 0 Å². The number of nitrogens with zero attached hydrogens (tertiary/aromatic N) is 5. The van der Waals surface area contributed by atoms with E-state index in [2.05, 4.69) is 22.3 Å². The number of hydrogen-bond acceptors (Lipinski definition) is 6. The van der Waals surface area contributed by atoms with Gasteiger partial charge in [-0.3, -0.25) is 4.68 Å². The van der Waals surface area contributed by atoms with Crippen molar-refractivity contribution >= 4 is 29.7 Å². The second kappa shape index (κ2) is 9.76. The van der Waals surface area contributed by atoms with E-state index in [4.69, 9.17) is 11.5 Å². The van der Waals surface area contributed by atoms with E-state index in [1.165, 1.54) is 6.20 Å². The highest BCUT2D eigenvalue weighted by Crippen LogP contribution is 2.19. The zero-order valence-corrected chi connectivity index (χ0v) is 13.1. The van der Waals surface area contributed by atoms with Crippen molar-refractivity contribution in [1.82, 2.24) is 19.6 Å². The molecule has 0 bridgehead atoms. The Balaban J connectivity index is 0.000000370. The van der Waals surface area contributed by atoms with Gasteiger partial charge in [0.1, 0.15) is 5.82 Å². The monoisotopic (exact) mass is 315 g/mol. The highest BCUT2D eigenvalue weighted by Gasteiger charge is 2.05. The number of hydrogen-bond donors (Lipinski definition) is 2. The van der Waals surface area contributed by atoms with Crippen LogP contribution in [0.4, 0.5) is 17.3 Å². The van der Waals surface area contributed by atoms with Gasteiger partial charge in [-0.2, -0.15) is 10.2 Å². The molecule has 0 spiro atoms. The summed E-state index contributed by atoms with van der Waals surface area (Å²) < 4.78 is 3.36. The number of nitrogens with two attached hydrogens (primary N) is 2. The van der Waals surface area contributed by atoms with Crippen LogP contribution in [-0.4, -0.2) is 19.6 Å². The number of nitroso groups, excluding NO2 is 1. The normalized spacial score (nSPS) is 9.43. The van der Waals surface area contributed by atoms with Crippen LogP contribution in [0, 0.1) is 4.91 Å². The first-order chi connectivity index (χ1) is 9.63. The van der Waals surface area contributed by atoms with Gasteiger partial charge in [0, 0.05) is 13.1 Å². The smallest absolute Gasteiger partial charge is 0.169 e. The number of anilines is 2. The molecule has 0 aliphatic carbocycles. The maximum absolute atomic E-state index is 10.1. The average Bonchev–Trinajstić information content (AvgIpc) is 2.99. The van der Waals surface area contributed by atoms with Crippen LogP contribution in [0.25, 0.3) is 0 Å². The fourth-order valence-electron chi connectivity index (χ4n) is 1.59. The maximum Gasteiger partial charge on any atom is 0.169 e. The summed E-state index contributed by atoms with van der Waals surface area (Å²) in [6, 6.07) is 1.80. The molecule has 2 aromatic heterocycles. The molecule has 0 saturated carbocycles. The lowest BCUT2D eigenvalue weighted by molar-refractivity contribution is 0.611. The Labute approximate surface area is 129 Å². The fourth-order valence-corrected chi connectivity index (χ4v) is 1.59. The Morgan fingerprint density at radius 3 is 2.19 bits per heavy atom. The number of aromatic nitrogens is 4. The zero-order valence-electron chi connectivity index (χ0n) is 12.3. The Hall–Kier alpha value is -2.09. The van der Waals surface area contributed by atoms with Crippen LogP contribution < -0.4 is 11.5 Å². The molecular weight excluding hydrogens is 294 g/mol. The summed E-state index contributed by atoms with van der Waals surface area (Å²) in [4.78, 5) is 10.1. The summed E-state index contributed by atoms with van der Waals surface area (Å²) in [5.74, 6) is 1.10. The van der Waals surface area contributed by atoms with E-state index in [1.54, 1.807) is 21.6 Å². The summed E-state index contributed by atoms with van der Waals surface area (Å²) in [6.07, 6.45) is 5.10. The van der Waals surface area contributed by atoms with Gasteiger partial charge in [0.15, 0.2) is 11.5 Å². The molecule has 2 aromatic rings. The third-order valence-electron chi connectivity index (χ3n) is 2.58. The van der Waals surface area contributed by atoms with E-state index in [1.807, 2.05) is 6.92 Å². The van der Waals surface area contributed by atoms with Crippen LogP contribution in [0.15, 0.2) is 23.6 Å². The molecule has 2 heterocycles. The van der Waals surface area contributed by atoms with Gasteiger partial charge in [-0.05, 0) is 24.1 Å². The molecule has 8 nitrogen and oxygen atoms in total. The zero-order chi connectivity index (χ0) is 15.0. The van der Waals surface area contributed by atoms with Gasteiger partial charge in [-0.25, -0.2) is 4.68 Å². The van der Waals surface area contributed by atoms with Gasteiger partial charge in [-0.1, -0.05) is 13.8 Å². The molecule has 0 aliphatic heterocycles. The molecule has 0 aliphatic rings. The molecule has 118 valence electrons. The third-order valence-corrected chi connectivity index (χ3v) is 2.58. The third kappa shape index (κ3) is 5.42. The molecule has 0 amide bonds. The summed E-state index contributed by atoms with van der Waals surface area (Å²) in [5, 5.41) is 10.6. The summed E-state index contributed by atoms with van der Waals surface area (Å²) in [7, 11) is 0. The lowest BCUT2D eigenvalue weighted by atomic mass is 10.5. The first kappa shape index (κ1) is 18.9. The standard InChI is InChI=1S/C6H10N4O.C6H11N3.ClH/c1-2-3-10-6(7)5(9-11)4-8-10;1-2-5-9-6(7)3-4-8-9;/h4H,2-3,7H2,1H3;3-4H,2,5,7H2,1H3;1H. The van der Waals surface area contributed by atoms with Crippen LogP contribution in [-0.2, 0) is 13.1 Å². The molecule has 4 N–H and O–H groups in total. The molecule has 0 saturated heterocycles. The van der Waals surface area contributed by atoms with Crippen molar-refractivity contribution in [3.63, 3.8) is 0 Å². The van der Waals surface area contributed by atoms with Gasteiger partial charge < -0.3 is 11.5 Å². The van der Waals surface area contributed by atoms with Crippen molar-refractivity contribution in [3.05, 3.63) is 23.4 Å². The molecule has 0 unspecified atom stereocenters. The highest BCUT2D eigenvalue weighted by molar-refractivity contribution is 5.85. The molecule has 21 heavy (non-hydrogen) atoms. The fraction of sp³-hybridized carbons (Fsp3) is 0.500. The second-order valence-electron chi connectivity index (χ2n) is 4.21. The van der Waals surface area contributed by atoms with Crippen molar-refractivity contribution in [2.24, 2.45) is 5.18 Å². The predicted molar refractivity (Wildman–Crippen MR) is 86.6 cm³/mol. The highest BCUT2D eigenvalue weighted by atomic mass is 35.5. The Kier molecular flexibility index (Phi) is 8.79. The largest absolute Gasteiger partial charge is 0.384 e. The van der Waals surface area contributed by atoms with E-state index in [0.717, 1.165) is 31.7 Å². The van der Waals surface area contributed by atoms with Crippen molar-refractivity contribution in [2.45, 2.75) is 39.8 Å². The molecule has 0 fully saturated rings. The average molecular weight is 316 g/mol. The summed E-state index contributed by atoms with van der Waals surface area (Å²) >= 11 is 0. The van der Waals surface area contributed by atoms with Crippen LogP contribution in [0.3, 0.4) is 0 Å². The molecule has 0 atom stereocenters. The van der Waals surface area contributed by atoms with E-state index < -0.39 is 0 Å². The van der Waals surface area contributed by atoms with Crippen LogP contribution in [0.1, 0.15) is 26.7 Å². The Morgan fingerprint density at radius 1 is 1.14 bits per heavy atom. The van der Waals surface area contributed by atoms with Gasteiger partial charge in [-0.15, -0.1) is 17.3 Å². The van der Waals surface area contributed by atoms with E-state index in [9.17, 15) is 4.91 Å². The van der Waals surface area contributed by atoms with Crippen molar-refractivity contribution < 1.29 is 0 Å². The van der Waals surface area contributed by atoms with Gasteiger partial charge >= 0.3 is 0 Å². The molecule has 9 heteroatoms. The first-order valence-electron chi connectivity index (χ1n) is 6.55. The Morgan fingerprint density at radius 2 is 1.76 bits per heavy atom. The van der Waals surface area contributed by atoms with Crippen LogP contribution in [0.5, 0.6) is 0 Å². The van der Waals surface area contributed by atoms with E-state index in [-0.39, 0.29) is 18.1 Å². The van der Waals surface area contributed by atoms with Gasteiger partial charge in [0.05, 0.1) is 12.4 Å². The SMILES string of the molecule is CCCn1ncc(N=O)c1N.CCCn1nccc1N.Cl. The van der Waals surface area contributed by atoms with Gasteiger partial charge in [0.2, 0.25) is 0 Å². The van der Waals surface area contributed by atoms with Crippen LogP contribution in [0.2, 0.25) is 0 Å². The number of halogens is 1. The minimum atomic E-state index is 0. The molecule has 0 radical (unpaired) electrons. The van der Waals surface area contributed by atoms with E-state index in [0.29, 0.717) is 5.82 Å². The van der Waals surface area contributed by atoms with Crippen molar-refractivity contribution in [2.75, 3.05) is 11.5 Å². The molecule has 0 aromatic carbocycles. The summed E-state index contributed by atoms with van der Waals surface area (Å²) in [6.45, 7) is 5.75. The summed E-state index contributed by atoms with van der Waals surface area (Å²) in [5.41, 5.74) is 11.3. The minimum Gasteiger partial charge on any atom is -0.384 e. The number of nitrogen functional groups attached to an aromatic ring is 2. The number of rotatable bonds is 5. The van der Waals surface area contributed by atoms with E-state index >= 15 is 0 Å². The van der Waals surface area contributed by atoms with Gasteiger partial charge in [0.25, 0.3) is 0 Å². The quantitative estimate of drug-likeness (QED) is 0.822. The predicted octanol–water partition coefficient (Wildman–Crippen LogP) is 2.57. The molecule has 2 rings (SSSR count). The number of aryl methyl sites for hydroxylation is 2. The van der Waals surface area contributed by atoms with Crippen molar-refractivity contribution in [1.29, 1.82) is 0 Å². The first-order valence-corrected chi connectivity index (χ1v) is 6.55. The topological polar surface area (TPSA) is 117 Å². The van der Waals surface area contributed by atoms with Crippen LogP contribution >= 0.6 is 12.4 Å². The lowest BCUT2D eigenvalue weighted by Gasteiger charge is -1.98.